The van der Waals surface area contributed by atoms with E-state index < -0.39 is 15.9 Å². The van der Waals surface area contributed by atoms with Crippen molar-refractivity contribution in [3.63, 3.8) is 0 Å². The molecule has 0 aromatic heterocycles. The second-order valence-corrected chi connectivity index (χ2v) is 7.99. The molecule has 19 heavy (non-hydrogen) atoms. The monoisotopic (exact) mass is 283 g/mol. The van der Waals surface area contributed by atoms with Crippen LogP contribution in [0.4, 0.5) is 0 Å². The van der Waals surface area contributed by atoms with Gasteiger partial charge < -0.3 is 5.73 Å². The molecule has 4 heteroatoms. The Morgan fingerprint density at radius 1 is 1.21 bits per heavy atom. The number of sulfone groups is 1. The third-order valence-corrected chi connectivity index (χ3v) is 4.99. The molecule has 1 aromatic rings. The molecule has 3 nitrogen and oxygen atoms in total. The van der Waals surface area contributed by atoms with E-state index in [9.17, 15) is 8.42 Å². The lowest BCUT2D eigenvalue weighted by Gasteiger charge is -2.16. The minimum absolute atomic E-state index is 0.0314. The molecule has 1 aromatic carbocycles. The Bertz CT molecular complexity index is 521. The SMILES string of the molecule is Cc1ccc(C(N)CS(=O)(=O)CCC(C)C)c(C)c1. The molecule has 0 aliphatic rings. The predicted octanol–water partition coefficient (Wildman–Crippen LogP) is 2.76. The summed E-state index contributed by atoms with van der Waals surface area (Å²) in [7, 11) is -3.08. The Kier molecular flexibility index (Phi) is 5.56. The number of aryl methyl sites for hydroxylation is 2. The summed E-state index contributed by atoms with van der Waals surface area (Å²) in [6.07, 6.45) is 0.696. The summed E-state index contributed by atoms with van der Waals surface area (Å²) in [6.45, 7) is 8.05. The normalized spacial score (nSPS) is 13.8. The lowest BCUT2D eigenvalue weighted by atomic mass is 10.0. The predicted molar refractivity (Wildman–Crippen MR) is 81.0 cm³/mol. The molecule has 0 spiro atoms. The minimum Gasteiger partial charge on any atom is -0.323 e. The molecule has 0 amide bonds. The Morgan fingerprint density at radius 3 is 2.37 bits per heavy atom. The number of rotatable bonds is 6. The summed E-state index contributed by atoms with van der Waals surface area (Å²) in [5, 5.41) is 0. The van der Waals surface area contributed by atoms with Crippen molar-refractivity contribution in [2.24, 2.45) is 11.7 Å². The van der Waals surface area contributed by atoms with E-state index in [1.807, 2.05) is 45.9 Å². The highest BCUT2D eigenvalue weighted by Crippen LogP contribution is 2.19. The average Bonchev–Trinajstić information content (AvgIpc) is 2.25. The highest BCUT2D eigenvalue weighted by Gasteiger charge is 2.19. The molecule has 0 saturated heterocycles. The highest BCUT2D eigenvalue weighted by atomic mass is 32.2. The first kappa shape index (κ1) is 16.2. The van der Waals surface area contributed by atoms with Crippen LogP contribution in [-0.4, -0.2) is 19.9 Å². The van der Waals surface area contributed by atoms with Crippen LogP contribution in [0.25, 0.3) is 0 Å². The average molecular weight is 283 g/mol. The maximum Gasteiger partial charge on any atom is 0.152 e. The van der Waals surface area contributed by atoms with Crippen molar-refractivity contribution < 1.29 is 8.42 Å². The molecule has 2 N–H and O–H groups in total. The number of hydrogen-bond acceptors (Lipinski definition) is 3. The maximum absolute atomic E-state index is 12.0. The van der Waals surface area contributed by atoms with Gasteiger partial charge >= 0.3 is 0 Å². The molecule has 1 rings (SSSR count). The zero-order valence-electron chi connectivity index (χ0n) is 12.3. The maximum atomic E-state index is 12.0. The fourth-order valence-electron chi connectivity index (χ4n) is 2.10. The van der Waals surface area contributed by atoms with Crippen molar-refractivity contribution in [3.05, 3.63) is 34.9 Å². The first-order valence-corrected chi connectivity index (χ1v) is 8.56. The van der Waals surface area contributed by atoms with Gasteiger partial charge in [-0.15, -0.1) is 0 Å². The van der Waals surface area contributed by atoms with E-state index >= 15 is 0 Å². The van der Waals surface area contributed by atoms with Crippen molar-refractivity contribution in [2.75, 3.05) is 11.5 Å². The van der Waals surface area contributed by atoms with Gasteiger partial charge in [-0.25, -0.2) is 8.42 Å². The second kappa shape index (κ2) is 6.53. The van der Waals surface area contributed by atoms with Crippen LogP contribution in [-0.2, 0) is 9.84 Å². The van der Waals surface area contributed by atoms with Crippen LogP contribution in [0.3, 0.4) is 0 Å². The zero-order valence-corrected chi connectivity index (χ0v) is 13.1. The fourth-order valence-corrected chi connectivity index (χ4v) is 3.83. The lowest BCUT2D eigenvalue weighted by molar-refractivity contribution is 0.568. The minimum atomic E-state index is -3.08. The van der Waals surface area contributed by atoms with Gasteiger partial charge in [0, 0.05) is 6.04 Å². The summed E-state index contributed by atoms with van der Waals surface area (Å²) < 4.78 is 24.0. The van der Waals surface area contributed by atoms with E-state index in [0.717, 1.165) is 16.7 Å². The number of benzene rings is 1. The van der Waals surface area contributed by atoms with Gasteiger partial charge in [-0.1, -0.05) is 37.6 Å². The van der Waals surface area contributed by atoms with Crippen LogP contribution in [0.5, 0.6) is 0 Å². The Morgan fingerprint density at radius 2 is 1.84 bits per heavy atom. The van der Waals surface area contributed by atoms with E-state index in [-0.39, 0.29) is 11.5 Å². The first-order chi connectivity index (χ1) is 8.71. The van der Waals surface area contributed by atoms with Gasteiger partial charge in [0.1, 0.15) is 0 Å². The van der Waals surface area contributed by atoms with Gasteiger partial charge in [-0.2, -0.15) is 0 Å². The van der Waals surface area contributed by atoms with Gasteiger partial charge in [0.25, 0.3) is 0 Å². The van der Waals surface area contributed by atoms with E-state index in [0.29, 0.717) is 12.3 Å². The summed E-state index contributed by atoms with van der Waals surface area (Å²) in [6, 6.07) is 5.52. The van der Waals surface area contributed by atoms with Crippen LogP contribution in [0.15, 0.2) is 18.2 Å². The van der Waals surface area contributed by atoms with E-state index in [1.165, 1.54) is 0 Å². The standard InChI is InChI=1S/C15H25NO2S/c1-11(2)7-8-19(17,18)10-15(16)14-6-5-12(3)9-13(14)4/h5-6,9,11,15H,7-8,10,16H2,1-4H3. The number of hydrogen-bond donors (Lipinski definition) is 1. The Hall–Kier alpha value is -0.870. The lowest BCUT2D eigenvalue weighted by Crippen LogP contribution is -2.24. The van der Waals surface area contributed by atoms with Crippen LogP contribution in [0.1, 0.15) is 43.0 Å². The smallest absolute Gasteiger partial charge is 0.152 e. The molecule has 0 aliphatic heterocycles. The largest absolute Gasteiger partial charge is 0.323 e. The molecule has 1 unspecified atom stereocenters. The molecule has 108 valence electrons. The van der Waals surface area contributed by atoms with Crippen molar-refractivity contribution in [3.8, 4) is 0 Å². The molecule has 0 aliphatic carbocycles. The van der Waals surface area contributed by atoms with Gasteiger partial charge in [0.2, 0.25) is 0 Å². The summed E-state index contributed by atoms with van der Waals surface area (Å²) >= 11 is 0. The molecular weight excluding hydrogens is 258 g/mol. The summed E-state index contributed by atoms with van der Waals surface area (Å²) in [4.78, 5) is 0. The van der Waals surface area contributed by atoms with Crippen LogP contribution in [0, 0.1) is 19.8 Å². The van der Waals surface area contributed by atoms with E-state index in [4.69, 9.17) is 5.73 Å². The molecule has 0 radical (unpaired) electrons. The summed E-state index contributed by atoms with van der Waals surface area (Å²) in [5.74, 6) is 0.652. The first-order valence-electron chi connectivity index (χ1n) is 6.74. The van der Waals surface area contributed by atoms with Crippen molar-refractivity contribution in [1.82, 2.24) is 0 Å². The van der Waals surface area contributed by atoms with Crippen LogP contribution < -0.4 is 5.73 Å². The van der Waals surface area contributed by atoms with Crippen molar-refractivity contribution in [1.29, 1.82) is 0 Å². The molecule has 0 saturated carbocycles. The van der Waals surface area contributed by atoms with E-state index in [2.05, 4.69) is 0 Å². The number of nitrogens with two attached hydrogens (primary N) is 1. The third kappa shape index (κ3) is 5.33. The van der Waals surface area contributed by atoms with Crippen molar-refractivity contribution >= 4 is 9.84 Å². The van der Waals surface area contributed by atoms with Gasteiger partial charge in [-0.3, -0.25) is 0 Å². The molecule has 0 bridgehead atoms. The molecule has 0 fully saturated rings. The Labute approximate surface area is 117 Å². The van der Waals surface area contributed by atoms with Crippen molar-refractivity contribution in [2.45, 2.75) is 40.2 Å². The third-order valence-electron chi connectivity index (χ3n) is 3.26. The quantitative estimate of drug-likeness (QED) is 0.873. The molecule has 0 heterocycles. The second-order valence-electron chi connectivity index (χ2n) is 5.76. The van der Waals surface area contributed by atoms with Crippen LogP contribution >= 0.6 is 0 Å². The topological polar surface area (TPSA) is 60.2 Å². The van der Waals surface area contributed by atoms with Gasteiger partial charge in [0.05, 0.1) is 11.5 Å². The molecule has 1 atom stereocenters. The fraction of sp³-hybridized carbons (Fsp3) is 0.600. The van der Waals surface area contributed by atoms with Crippen LogP contribution in [0.2, 0.25) is 0 Å². The van der Waals surface area contributed by atoms with Gasteiger partial charge in [0.15, 0.2) is 9.84 Å². The zero-order chi connectivity index (χ0) is 14.6. The van der Waals surface area contributed by atoms with E-state index in [1.54, 1.807) is 0 Å². The molecular formula is C15H25NO2S. The highest BCUT2D eigenvalue weighted by molar-refractivity contribution is 7.91. The Balaban J connectivity index is 2.76. The van der Waals surface area contributed by atoms with Gasteiger partial charge in [-0.05, 0) is 37.3 Å². The summed E-state index contributed by atoms with van der Waals surface area (Å²) in [5.41, 5.74) is 9.21.